The molecule has 5 rings (SSSR count). The lowest BCUT2D eigenvalue weighted by atomic mass is 10.1. The number of carbonyl (C=O) groups is 1. The number of pyridine rings is 1. The maximum Gasteiger partial charge on any atom is 0.248 e. The number of piperazine rings is 1. The molecule has 1 atom stereocenters. The molecule has 4 aromatic rings. The maximum atomic E-state index is 13.8. The lowest BCUT2D eigenvalue weighted by Gasteiger charge is -2.36. The molecule has 178 valence electrons. The zero-order chi connectivity index (χ0) is 24.5. The van der Waals surface area contributed by atoms with Crippen LogP contribution in [0.3, 0.4) is 0 Å². The minimum Gasteiger partial charge on any atom is -0.340 e. The van der Waals surface area contributed by atoms with Crippen LogP contribution >= 0.6 is 0 Å². The predicted octanol–water partition coefficient (Wildman–Crippen LogP) is 3.83. The van der Waals surface area contributed by atoms with E-state index in [1.54, 1.807) is 12.1 Å². The summed E-state index contributed by atoms with van der Waals surface area (Å²) in [6, 6.07) is 11.9. The number of aryl methyl sites for hydroxylation is 1. The van der Waals surface area contributed by atoms with Crippen molar-refractivity contribution in [2.75, 3.05) is 29.9 Å². The zero-order valence-corrected chi connectivity index (χ0v) is 18.7. The van der Waals surface area contributed by atoms with Gasteiger partial charge >= 0.3 is 0 Å². The van der Waals surface area contributed by atoms with Crippen LogP contribution in [-0.2, 0) is 4.79 Å². The number of carbonyl (C=O) groups excluding carboxylic acids is 1. The molecule has 1 fully saturated rings. The molecule has 0 spiro atoms. The first kappa shape index (κ1) is 22.7. The number of amides is 1. The smallest absolute Gasteiger partial charge is 0.248 e. The average Bonchev–Trinajstić information content (AvgIpc) is 2.86. The van der Waals surface area contributed by atoms with Crippen LogP contribution in [-0.4, -0.2) is 46.5 Å². The topological polar surface area (TPSA) is 83.0 Å². The van der Waals surface area contributed by atoms with Crippen molar-refractivity contribution in [1.29, 1.82) is 0 Å². The van der Waals surface area contributed by atoms with E-state index < -0.39 is 23.5 Å². The molecule has 10 heteroatoms. The van der Waals surface area contributed by atoms with Gasteiger partial charge in [0.15, 0.2) is 23.3 Å². The average molecular weight is 478 g/mol. The number of nitrogens with zero attached hydrogens (tertiary/aromatic N) is 4. The summed E-state index contributed by atoms with van der Waals surface area (Å²) < 4.78 is 41.1. The Hall–Kier alpha value is -4.05. The largest absolute Gasteiger partial charge is 0.340 e. The Kier molecular flexibility index (Phi) is 6.04. The molecule has 35 heavy (non-hydrogen) atoms. The van der Waals surface area contributed by atoms with Crippen molar-refractivity contribution in [3.05, 3.63) is 77.9 Å². The molecule has 1 amide bonds. The van der Waals surface area contributed by atoms with Gasteiger partial charge in [0.25, 0.3) is 0 Å². The van der Waals surface area contributed by atoms with Gasteiger partial charge in [-0.15, -0.1) is 0 Å². The van der Waals surface area contributed by atoms with Gasteiger partial charge in [0.1, 0.15) is 17.9 Å². The Labute approximate surface area is 199 Å². The van der Waals surface area contributed by atoms with Crippen molar-refractivity contribution < 1.29 is 18.0 Å². The van der Waals surface area contributed by atoms with Gasteiger partial charge in [0.2, 0.25) is 5.91 Å². The first-order valence-electron chi connectivity index (χ1n) is 11.0. The van der Waals surface area contributed by atoms with Crippen molar-refractivity contribution in [2.24, 2.45) is 0 Å². The molecule has 2 aromatic heterocycles. The summed E-state index contributed by atoms with van der Waals surface area (Å²) in [5.74, 6) is -3.94. The van der Waals surface area contributed by atoms with Crippen molar-refractivity contribution in [3.63, 3.8) is 0 Å². The van der Waals surface area contributed by atoms with Crippen LogP contribution in [0.5, 0.6) is 0 Å². The van der Waals surface area contributed by atoms with Crippen LogP contribution in [0.2, 0.25) is 0 Å². The van der Waals surface area contributed by atoms with Gasteiger partial charge in [-0.1, -0.05) is 12.1 Å². The van der Waals surface area contributed by atoms with Gasteiger partial charge < -0.3 is 15.5 Å². The highest BCUT2D eigenvalue weighted by atomic mass is 19.2. The van der Waals surface area contributed by atoms with E-state index >= 15 is 0 Å². The third-order valence-electron chi connectivity index (χ3n) is 5.85. The number of aromatic nitrogens is 3. The van der Waals surface area contributed by atoms with Crippen LogP contribution in [0, 0.1) is 24.4 Å². The number of hydrogen-bond donors (Lipinski definition) is 2. The first-order chi connectivity index (χ1) is 16.9. The molecule has 1 saturated heterocycles. The SMILES string of the molecule is Cc1cccc(NC(=O)C2CNCCN2c2ncnc3ccc(-c4cc(F)c(F)c(F)c4)nc23)c1. The zero-order valence-electron chi connectivity index (χ0n) is 18.7. The summed E-state index contributed by atoms with van der Waals surface area (Å²) >= 11 is 0. The van der Waals surface area contributed by atoms with Crippen molar-refractivity contribution in [1.82, 2.24) is 20.3 Å². The Balaban J connectivity index is 1.53. The van der Waals surface area contributed by atoms with Crippen LogP contribution in [0.4, 0.5) is 24.7 Å². The van der Waals surface area contributed by atoms with E-state index in [4.69, 9.17) is 0 Å². The van der Waals surface area contributed by atoms with Crippen molar-refractivity contribution in [3.8, 4) is 11.3 Å². The van der Waals surface area contributed by atoms with E-state index in [0.29, 0.717) is 42.2 Å². The number of halogens is 3. The van der Waals surface area contributed by atoms with Crippen LogP contribution < -0.4 is 15.5 Å². The van der Waals surface area contributed by atoms with E-state index in [0.717, 1.165) is 17.7 Å². The minimum atomic E-state index is -1.54. The molecular formula is C25H21F3N6O. The Morgan fingerprint density at radius 2 is 1.89 bits per heavy atom. The Bertz CT molecular complexity index is 1410. The molecule has 1 aliphatic heterocycles. The van der Waals surface area contributed by atoms with Crippen LogP contribution in [0.1, 0.15) is 5.56 Å². The van der Waals surface area contributed by atoms with Gasteiger partial charge in [-0.3, -0.25) is 4.79 Å². The summed E-state index contributed by atoms with van der Waals surface area (Å²) in [5, 5.41) is 6.18. The summed E-state index contributed by atoms with van der Waals surface area (Å²) in [6.07, 6.45) is 1.38. The van der Waals surface area contributed by atoms with Gasteiger partial charge in [-0.05, 0) is 48.9 Å². The predicted molar refractivity (Wildman–Crippen MR) is 126 cm³/mol. The summed E-state index contributed by atoms with van der Waals surface area (Å²) in [6.45, 7) is 3.42. The van der Waals surface area contributed by atoms with Crippen molar-refractivity contribution in [2.45, 2.75) is 13.0 Å². The fourth-order valence-corrected chi connectivity index (χ4v) is 4.14. The molecule has 1 unspecified atom stereocenters. The fourth-order valence-electron chi connectivity index (χ4n) is 4.14. The minimum absolute atomic E-state index is 0.0761. The van der Waals surface area contributed by atoms with Crippen LogP contribution in [0.25, 0.3) is 22.3 Å². The Morgan fingerprint density at radius 3 is 2.66 bits per heavy atom. The monoisotopic (exact) mass is 478 g/mol. The summed E-state index contributed by atoms with van der Waals surface area (Å²) in [7, 11) is 0. The molecular weight excluding hydrogens is 457 g/mol. The molecule has 7 nitrogen and oxygen atoms in total. The number of hydrogen-bond acceptors (Lipinski definition) is 6. The molecule has 2 N–H and O–H groups in total. The van der Waals surface area contributed by atoms with Gasteiger partial charge in [0.05, 0.1) is 11.2 Å². The lowest BCUT2D eigenvalue weighted by molar-refractivity contribution is -0.117. The highest BCUT2D eigenvalue weighted by Crippen LogP contribution is 2.29. The number of anilines is 2. The standard InChI is InChI=1S/C25H21F3N6O/c1-14-3-2-4-16(9-14)32-25(35)21-12-29-7-8-34(21)24-23-20(30-13-31-24)6-5-19(33-23)15-10-17(26)22(28)18(27)11-15/h2-6,9-11,13,21,29H,7-8,12H2,1H3,(H,32,35). The second kappa shape index (κ2) is 9.30. The third kappa shape index (κ3) is 4.52. The second-order valence-electron chi connectivity index (χ2n) is 8.29. The molecule has 3 heterocycles. The van der Waals surface area contributed by atoms with E-state index in [2.05, 4.69) is 25.6 Å². The van der Waals surface area contributed by atoms with Crippen molar-refractivity contribution >= 4 is 28.4 Å². The molecule has 0 saturated carbocycles. The lowest BCUT2D eigenvalue weighted by Crippen LogP contribution is -2.57. The fraction of sp³-hybridized carbons (Fsp3) is 0.200. The molecule has 0 bridgehead atoms. The summed E-state index contributed by atoms with van der Waals surface area (Å²) in [5.41, 5.74) is 2.88. The first-order valence-corrected chi connectivity index (χ1v) is 11.0. The maximum absolute atomic E-state index is 13.8. The van der Waals surface area contributed by atoms with Gasteiger partial charge in [-0.2, -0.15) is 0 Å². The van der Waals surface area contributed by atoms with E-state index in [-0.39, 0.29) is 17.2 Å². The number of benzene rings is 2. The van der Waals surface area contributed by atoms with Gasteiger partial charge in [-0.25, -0.2) is 28.1 Å². The summed E-state index contributed by atoms with van der Waals surface area (Å²) in [4.78, 5) is 28.3. The number of rotatable bonds is 4. The molecule has 2 aromatic carbocycles. The van der Waals surface area contributed by atoms with E-state index in [9.17, 15) is 18.0 Å². The van der Waals surface area contributed by atoms with Crippen LogP contribution in [0.15, 0.2) is 54.9 Å². The highest BCUT2D eigenvalue weighted by Gasteiger charge is 2.31. The molecule has 1 aliphatic rings. The molecule has 0 radical (unpaired) electrons. The normalized spacial score (nSPS) is 15.9. The van der Waals surface area contributed by atoms with E-state index in [1.807, 2.05) is 36.1 Å². The van der Waals surface area contributed by atoms with E-state index in [1.165, 1.54) is 6.33 Å². The third-order valence-corrected chi connectivity index (χ3v) is 5.85. The highest BCUT2D eigenvalue weighted by molar-refractivity contribution is 5.99. The Morgan fingerprint density at radius 1 is 1.09 bits per heavy atom. The number of fused-ring (bicyclic) bond motifs is 1. The molecule has 0 aliphatic carbocycles. The quantitative estimate of drug-likeness (QED) is 0.434. The number of nitrogens with one attached hydrogen (secondary N) is 2. The second-order valence-corrected chi connectivity index (χ2v) is 8.29. The van der Waals surface area contributed by atoms with Gasteiger partial charge in [0, 0.05) is 30.9 Å².